The van der Waals surface area contributed by atoms with Crippen molar-refractivity contribution in [2.24, 2.45) is 0 Å². The van der Waals surface area contributed by atoms with Crippen LogP contribution in [0.3, 0.4) is 0 Å². The molecule has 2 rings (SSSR count). The van der Waals surface area contributed by atoms with Crippen molar-refractivity contribution in [3.8, 4) is 0 Å². The summed E-state index contributed by atoms with van der Waals surface area (Å²) in [6.45, 7) is 24.4. The van der Waals surface area contributed by atoms with E-state index in [4.69, 9.17) is 0 Å². The van der Waals surface area contributed by atoms with Crippen molar-refractivity contribution in [2.75, 3.05) is 0 Å². The quantitative estimate of drug-likeness (QED) is 0.193. The van der Waals surface area contributed by atoms with E-state index >= 15 is 0 Å². The van der Waals surface area contributed by atoms with Crippen LogP contribution in [0.15, 0.2) is 66.7 Å². The number of hydrogen-bond donors (Lipinski definition) is 0. The first kappa shape index (κ1) is 50.1. The van der Waals surface area contributed by atoms with Crippen LogP contribution in [0.25, 0.3) is 0 Å². The molecule has 0 unspecified atom stereocenters. The van der Waals surface area contributed by atoms with Gasteiger partial charge in [0.2, 0.25) is 0 Å². The molecule has 0 radical (unpaired) electrons. The zero-order chi connectivity index (χ0) is 32.8. The third-order valence-corrected chi connectivity index (χ3v) is 6.14. The zero-order valence-corrected chi connectivity index (χ0v) is 31.3. The lowest BCUT2D eigenvalue weighted by Crippen LogP contribution is -1.66. The third kappa shape index (κ3) is 77.1. The van der Waals surface area contributed by atoms with Crippen LogP contribution in [0.2, 0.25) is 0 Å². The van der Waals surface area contributed by atoms with Crippen molar-refractivity contribution in [1.82, 2.24) is 0 Å². The molecule has 0 heterocycles. The average Bonchev–Trinajstić information content (AvgIpc) is 3.04. The van der Waals surface area contributed by atoms with Gasteiger partial charge < -0.3 is 0 Å². The first-order valence-electron chi connectivity index (χ1n) is 18.5. The minimum absolute atomic E-state index is 1.32. The molecule has 2 aromatic carbocycles. The highest BCUT2D eigenvalue weighted by molar-refractivity contribution is 5.11. The SMILES string of the molecule is CCCCC.CCCCCC.CCCCCC.CCCCCC.CCCCCC.Cc1ccccc1.c1ccccc1. The molecule has 0 aliphatic rings. The van der Waals surface area contributed by atoms with Gasteiger partial charge in [0, 0.05) is 0 Å². The van der Waals surface area contributed by atoms with E-state index in [0.717, 1.165) is 0 Å². The molecule has 0 heteroatoms. The Balaban J connectivity index is -0.000000127. The fourth-order valence-electron chi connectivity index (χ4n) is 3.27. The zero-order valence-electron chi connectivity index (χ0n) is 31.3. The van der Waals surface area contributed by atoms with E-state index in [-0.39, 0.29) is 0 Å². The molecule has 0 fully saturated rings. The van der Waals surface area contributed by atoms with E-state index < -0.39 is 0 Å². The van der Waals surface area contributed by atoms with Crippen molar-refractivity contribution < 1.29 is 0 Å². The van der Waals surface area contributed by atoms with Crippen molar-refractivity contribution in [1.29, 1.82) is 0 Å². The first-order valence-corrected chi connectivity index (χ1v) is 18.5. The molecule has 42 heavy (non-hydrogen) atoms. The number of unbranched alkanes of at least 4 members (excludes halogenated alkanes) is 14. The molecule has 0 nitrogen and oxygen atoms in total. The summed E-state index contributed by atoms with van der Waals surface area (Å²) >= 11 is 0. The third-order valence-electron chi connectivity index (χ3n) is 6.14. The fraction of sp³-hybridized carbons (Fsp3) is 0.714. The monoisotopic (exact) mass is 587 g/mol. The molecule has 2 aromatic rings. The Morgan fingerprint density at radius 2 is 0.429 bits per heavy atom. The van der Waals surface area contributed by atoms with Gasteiger partial charge in [-0.1, -0.05) is 264 Å². The van der Waals surface area contributed by atoms with Crippen LogP contribution in [0.1, 0.15) is 197 Å². The lowest BCUT2D eigenvalue weighted by molar-refractivity contribution is 0.702. The molecule has 0 spiro atoms. The molecular formula is C42H82. The fourth-order valence-corrected chi connectivity index (χ4v) is 3.27. The summed E-state index contributed by atoms with van der Waals surface area (Å²) in [6.07, 6.45) is 26.2. The second-order valence-electron chi connectivity index (χ2n) is 11.0. The van der Waals surface area contributed by atoms with Gasteiger partial charge in [0.05, 0.1) is 0 Å². The Morgan fingerprint density at radius 1 is 0.262 bits per heavy atom. The lowest BCUT2D eigenvalue weighted by atomic mass is 10.2. The Hall–Kier alpha value is -1.56. The van der Waals surface area contributed by atoms with Gasteiger partial charge in [0.25, 0.3) is 0 Å². The van der Waals surface area contributed by atoms with Crippen LogP contribution >= 0.6 is 0 Å². The van der Waals surface area contributed by atoms with E-state index in [0.29, 0.717) is 0 Å². The Bertz CT molecular complexity index is 482. The first-order chi connectivity index (χ1) is 20.5. The number of rotatable bonds is 14. The molecule has 0 amide bonds. The summed E-state index contributed by atoms with van der Waals surface area (Å²) in [5, 5.41) is 0. The summed E-state index contributed by atoms with van der Waals surface area (Å²) < 4.78 is 0. The van der Waals surface area contributed by atoms with Crippen molar-refractivity contribution >= 4 is 0 Å². The molecule has 0 saturated carbocycles. The topological polar surface area (TPSA) is 0 Å². The predicted octanol–water partition coefficient (Wildman–Crippen LogP) is 16.2. The van der Waals surface area contributed by atoms with Crippen LogP contribution in [0.4, 0.5) is 0 Å². The Kier molecular flexibility index (Phi) is 70.3. The summed E-state index contributed by atoms with van der Waals surface area (Å²) in [5.74, 6) is 0. The molecule has 250 valence electrons. The van der Waals surface area contributed by atoms with Crippen molar-refractivity contribution in [3.05, 3.63) is 72.3 Å². The van der Waals surface area contributed by atoms with E-state index in [2.05, 4.69) is 88.3 Å². The van der Waals surface area contributed by atoms with E-state index in [1.54, 1.807) is 0 Å². The molecule has 0 bridgehead atoms. The molecule has 0 saturated heterocycles. The van der Waals surface area contributed by atoms with Gasteiger partial charge in [-0.05, 0) is 6.92 Å². The van der Waals surface area contributed by atoms with Crippen LogP contribution in [-0.4, -0.2) is 0 Å². The predicted molar refractivity (Wildman–Crippen MR) is 202 cm³/mol. The maximum Gasteiger partial charge on any atom is -0.0398 e. The van der Waals surface area contributed by atoms with Gasteiger partial charge in [0.1, 0.15) is 0 Å². The highest BCUT2D eigenvalue weighted by atomic mass is 13.8. The summed E-state index contributed by atoms with van der Waals surface area (Å²) in [5.41, 5.74) is 1.32. The van der Waals surface area contributed by atoms with Crippen LogP contribution in [-0.2, 0) is 0 Å². The normalized spacial score (nSPS) is 8.74. The summed E-state index contributed by atoms with van der Waals surface area (Å²) in [4.78, 5) is 0. The largest absolute Gasteiger partial charge is 0.0654 e. The van der Waals surface area contributed by atoms with E-state index in [1.807, 2.05) is 54.6 Å². The molecule has 0 aliphatic carbocycles. The molecular weight excluding hydrogens is 504 g/mol. The smallest absolute Gasteiger partial charge is 0.0398 e. The van der Waals surface area contributed by atoms with Gasteiger partial charge in [-0.15, -0.1) is 0 Å². The minimum atomic E-state index is 1.32. The van der Waals surface area contributed by atoms with Crippen LogP contribution in [0.5, 0.6) is 0 Å². The Morgan fingerprint density at radius 3 is 0.524 bits per heavy atom. The molecule has 0 atom stereocenters. The van der Waals surface area contributed by atoms with Gasteiger partial charge >= 0.3 is 0 Å². The van der Waals surface area contributed by atoms with Crippen molar-refractivity contribution in [3.63, 3.8) is 0 Å². The van der Waals surface area contributed by atoms with E-state index in [9.17, 15) is 0 Å². The maximum absolute atomic E-state index is 2.23. The number of aryl methyl sites for hydroxylation is 1. The summed E-state index contributed by atoms with van der Waals surface area (Å²) in [7, 11) is 0. The average molecular weight is 587 g/mol. The van der Waals surface area contributed by atoms with Gasteiger partial charge in [-0.2, -0.15) is 0 Å². The number of hydrogen-bond acceptors (Lipinski definition) is 0. The molecule has 0 aliphatic heterocycles. The summed E-state index contributed by atoms with van der Waals surface area (Å²) in [6, 6.07) is 22.3. The standard InChI is InChI=1S/C7H8.C6H6.4C6H14.C5H12/c1-7-5-3-2-4-6-7;1-2-4-6-5-3-1;4*1-3-5-6-4-2;1-3-5-4-2/h2-6H,1H3;1-6H;4*3-6H2,1-2H3;3-5H2,1-2H3. The Labute approximate surface area is 269 Å². The van der Waals surface area contributed by atoms with Crippen LogP contribution in [0, 0.1) is 6.92 Å². The molecule has 0 aromatic heterocycles. The van der Waals surface area contributed by atoms with Gasteiger partial charge in [0.15, 0.2) is 0 Å². The van der Waals surface area contributed by atoms with E-state index in [1.165, 1.54) is 128 Å². The second-order valence-corrected chi connectivity index (χ2v) is 11.0. The van der Waals surface area contributed by atoms with Gasteiger partial charge in [-0.25, -0.2) is 0 Å². The van der Waals surface area contributed by atoms with Gasteiger partial charge in [-0.3, -0.25) is 0 Å². The maximum atomic E-state index is 2.23. The molecule has 0 N–H and O–H groups in total. The minimum Gasteiger partial charge on any atom is -0.0654 e. The number of benzene rings is 2. The van der Waals surface area contributed by atoms with Crippen molar-refractivity contribution in [2.45, 2.75) is 198 Å². The highest BCUT2D eigenvalue weighted by Crippen LogP contribution is 1.97. The van der Waals surface area contributed by atoms with Crippen LogP contribution < -0.4 is 0 Å². The highest BCUT2D eigenvalue weighted by Gasteiger charge is 1.77. The second kappa shape index (κ2) is 59.0. The lowest BCUT2D eigenvalue weighted by Gasteiger charge is -1.86.